The van der Waals surface area contributed by atoms with Crippen LogP contribution in [-0.4, -0.2) is 29.6 Å². The summed E-state index contributed by atoms with van der Waals surface area (Å²) < 4.78 is 0. The number of nitrogens with zero attached hydrogens (tertiary/aromatic N) is 1. The Kier molecular flexibility index (Phi) is 3.09. The molecule has 1 atom stereocenters. The van der Waals surface area contributed by atoms with E-state index in [1.54, 1.807) is 0 Å². The number of amides is 1. The van der Waals surface area contributed by atoms with Crippen molar-refractivity contribution in [3.8, 4) is 0 Å². The van der Waals surface area contributed by atoms with E-state index in [1.807, 2.05) is 11.8 Å². The largest absolute Gasteiger partial charge is 0.323 e. The monoisotopic (exact) mass is 170 g/mol. The second-order valence-corrected chi connectivity index (χ2v) is 3.33. The van der Waals surface area contributed by atoms with Crippen molar-refractivity contribution in [3.63, 3.8) is 0 Å². The summed E-state index contributed by atoms with van der Waals surface area (Å²) >= 11 is 0. The Morgan fingerprint density at radius 1 is 1.58 bits per heavy atom. The van der Waals surface area contributed by atoms with E-state index < -0.39 is 0 Å². The highest BCUT2D eigenvalue weighted by Gasteiger charge is 2.30. The molecule has 0 radical (unpaired) electrons. The van der Waals surface area contributed by atoms with E-state index >= 15 is 0 Å². The van der Waals surface area contributed by atoms with Crippen molar-refractivity contribution >= 4 is 5.91 Å². The Bertz CT molecular complexity index is 166. The van der Waals surface area contributed by atoms with Gasteiger partial charge in [0.1, 0.15) is 0 Å². The fraction of sp³-hybridized carbons (Fsp3) is 0.889. The molecule has 0 bridgehead atoms. The summed E-state index contributed by atoms with van der Waals surface area (Å²) in [7, 11) is 0. The summed E-state index contributed by atoms with van der Waals surface area (Å²) in [4.78, 5) is 13.4. The molecule has 0 spiro atoms. The Balaban J connectivity index is 2.63. The average molecular weight is 170 g/mol. The van der Waals surface area contributed by atoms with Crippen LogP contribution >= 0.6 is 0 Å². The summed E-state index contributed by atoms with van der Waals surface area (Å²) in [6, 6.07) is 0.419. The van der Waals surface area contributed by atoms with E-state index in [9.17, 15) is 4.79 Å². The lowest BCUT2D eigenvalue weighted by atomic mass is 10.1. The van der Waals surface area contributed by atoms with Crippen LogP contribution in [0.3, 0.4) is 0 Å². The van der Waals surface area contributed by atoms with Gasteiger partial charge in [-0.25, -0.2) is 0 Å². The quantitative estimate of drug-likeness (QED) is 0.684. The summed E-state index contributed by atoms with van der Waals surface area (Å²) in [5.74, 6) is 0.246. The molecule has 1 aliphatic heterocycles. The van der Waals surface area contributed by atoms with E-state index in [1.165, 1.54) is 0 Å². The fourth-order valence-corrected chi connectivity index (χ4v) is 1.84. The Hall–Kier alpha value is -0.570. The summed E-state index contributed by atoms with van der Waals surface area (Å²) in [6.07, 6.45) is 2.32. The molecule has 70 valence electrons. The molecule has 12 heavy (non-hydrogen) atoms. The Morgan fingerprint density at radius 2 is 2.17 bits per heavy atom. The minimum Gasteiger partial charge on any atom is -0.323 e. The second-order valence-electron chi connectivity index (χ2n) is 3.33. The van der Waals surface area contributed by atoms with Crippen LogP contribution in [0.2, 0.25) is 0 Å². The molecule has 0 aromatic heterocycles. The van der Waals surface area contributed by atoms with E-state index in [4.69, 9.17) is 0 Å². The van der Waals surface area contributed by atoms with Crippen LogP contribution in [0, 0.1) is 0 Å². The second kappa shape index (κ2) is 3.90. The normalized spacial score (nSPS) is 24.2. The molecule has 0 aromatic carbocycles. The van der Waals surface area contributed by atoms with Gasteiger partial charge in [-0.05, 0) is 19.8 Å². The van der Waals surface area contributed by atoms with Gasteiger partial charge in [-0.3, -0.25) is 10.1 Å². The number of rotatable bonds is 3. The molecular formula is C9H18N2O. The molecule has 1 heterocycles. The SMILES string of the molecule is CCC(CC)N1C(=O)CNC1C. The van der Waals surface area contributed by atoms with Gasteiger partial charge in [-0.15, -0.1) is 0 Å². The van der Waals surface area contributed by atoms with Crippen molar-refractivity contribution in [2.24, 2.45) is 0 Å². The predicted octanol–water partition coefficient (Wildman–Crippen LogP) is 0.953. The van der Waals surface area contributed by atoms with Crippen LogP contribution in [0.25, 0.3) is 0 Å². The third-order valence-corrected chi connectivity index (χ3v) is 2.59. The molecule has 0 saturated carbocycles. The third-order valence-electron chi connectivity index (χ3n) is 2.59. The molecule has 1 unspecified atom stereocenters. The maximum atomic E-state index is 11.4. The molecular weight excluding hydrogens is 152 g/mol. The summed E-state index contributed by atoms with van der Waals surface area (Å²) in [5, 5.41) is 3.14. The lowest BCUT2D eigenvalue weighted by molar-refractivity contribution is -0.130. The molecule has 3 nitrogen and oxygen atoms in total. The van der Waals surface area contributed by atoms with Gasteiger partial charge in [0.2, 0.25) is 5.91 Å². The fourth-order valence-electron chi connectivity index (χ4n) is 1.84. The zero-order valence-corrected chi connectivity index (χ0v) is 8.13. The van der Waals surface area contributed by atoms with Crippen LogP contribution in [0.5, 0.6) is 0 Å². The first-order valence-electron chi connectivity index (χ1n) is 4.75. The smallest absolute Gasteiger partial charge is 0.238 e. The van der Waals surface area contributed by atoms with Gasteiger partial charge < -0.3 is 4.90 Å². The summed E-state index contributed by atoms with van der Waals surface area (Å²) in [6.45, 7) is 6.82. The number of carbonyl (C=O) groups excluding carboxylic acids is 1. The number of hydrogen-bond donors (Lipinski definition) is 1. The standard InChI is InChI=1S/C9H18N2O/c1-4-8(5-2)11-7(3)10-6-9(11)12/h7-8,10H,4-6H2,1-3H3. The average Bonchev–Trinajstić information content (AvgIpc) is 2.38. The topological polar surface area (TPSA) is 32.3 Å². The van der Waals surface area contributed by atoms with Crippen molar-refractivity contribution in [2.45, 2.75) is 45.8 Å². The lowest BCUT2D eigenvalue weighted by Crippen LogP contribution is -2.42. The first-order chi connectivity index (χ1) is 5.70. The van der Waals surface area contributed by atoms with Gasteiger partial charge in [0.15, 0.2) is 0 Å². The molecule has 0 aliphatic carbocycles. The molecule has 0 aromatic rings. The Morgan fingerprint density at radius 3 is 2.50 bits per heavy atom. The van der Waals surface area contributed by atoms with E-state index in [-0.39, 0.29) is 12.1 Å². The molecule has 1 rings (SSSR count). The first-order valence-corrected chi connectivity index (χ1v) is 4.75. The number of nitrogens with one attached hydrogen (secondary N) is 1. The van der Waals surface area contributed by atoms with Gasteiger partial charge in [-0.2, -0.15) is 0 Å². The van der Waals surface area contributed by atoms with Gasteiger partial charge in [-0.1, -0.05) is 13.8 Å². The Labute approximate surface area is 74.1 Å². The highest BCUT2D eigenvalue weighted by atomic mass is 16.2. The molecule has 1 aliphatic rings. The van der Waals surface area contributed by atoms with E-state index in [0.29, 0.717) is 12.6 Å². The highest BCUT2D eigenvalue weighted by molar-refractivity contribution is 5.80. The van der Waals surface area contributed by atoms with Crippen molar-refractivity contribution in [1.82, 2.24) is 10.2 Å². The van der Waals surface area contributed by atoms with Crippen LogP contribution in [-0.2, 0) is 4.79 Å². The van der Waals surface area contributed by atoms with Crippen LogP contribution < -0.4 is 5.32 Å². The lowest BCUT2D eigenvalue weighted by Gasteiger charge is -2.29. The van der Waals surface area contributed by atoms with Gasteiger partial charge in [0, 0.05) is 6.04 Å². The van der Waals surface area contributed by atoms with E-state index in [2.05, 4.69) is 19.2 Å². The van der Waals surface area contributed by atoms with Crippen LogP contribution in [0.15, 0.2) is 0 Å². The minimum absolute atomic E-state index is 0.224. The number of hydrogen-bond acceptors (Lipinski definition) is 2. The molecule has 3 heteroatoms. The van der Waals surface area contributed by atoms with Gasteiger partial charge >= 0.3 is 0 Å². The predicted molar refractivity (Wildman–Crippen MR) is 48.7 cm³/mol. The maximum absolute atomic E-state index is 11.4. The third kappa shape index (κ3) is 1.61. The minimum atomic E-state index is 0.224. The maximum Gasteiger partial charge on any atom is 0.238 e. The van der Waals surface area contributed by atoms with Crippen molar-refractivity contribution in [1.29, 1.82) is 0 Å². The molecule has 1 amide bonds. The first kappa shape index (κ1) is 9.52. The number of carbonyl (C=O) groups is 1. The molecule has 1 fully saturated rings. The highest BCUT2D eigenvalue weighted by Crippen LogP contribution is 2.14. The van der Waals surface area contributed by atoms with Gasteiger partial charge in [0.05, 0.1) is 12.7 Å². The van der Waals surface area contributed by atoms with Gasteiger partial charge in [0.25, 0.3) is 0 Å². The van der Waals surface area contributed by atoms with Crippen molar-refractivity contribution < 1.29 is 4.79 Å². The van der Waals surface area contributed by atoms with Crippen molar-refractivity contribution in [3.05, 3.63) is 0 Å². The van der Waals surface area contributed by atoms with E-state index in [0.717, 1.165) is 12.8 Å². The van der Waals surface area contributed by atoms with Crippen molar-refractivity contribution in [2.75, 3.05) is 6.54 Å². The zero-order chi connectivity index (χ0) is 9.14. The zero-order valence-electron chi connectivity index (χ0n) is 8.13. The molecule has 1 saturated heterocycles. The summed E-state index contributed by atoms with van der Waals surface area (Å²) in [5.41, 5.74) is 0. The van der Waals surface area contributed by atoms with Crippen LogP contribution in [0.1, 0.15) is 33.6 Å². The van der Waals surface area contributed by atoms with Crippen LogP contribution in [0.4, 0.5) is 0 Å². The molecule has 1 N–H and O–H groups in total.